The Morgan fingerprint density at radius 3 is 2.62 bits per heavy atom. The van der Waals surface area contributed by atoms with Crippen LogP contribution in [0.4, 0.5) is 5.69 Å². The number of carbonyl (C=O) groups is 2. The Kier molecular flexibility index (Phi) is 8.69. The summed E-state index contributed by atoms with van der Waals surface area (Å²) in [7, 11) is 2.02. The van der Waals surface area contributed by atoms with Crippen LogP contribution in [0.3, 0.4) is 0 Å². The minimum Gasteiger partial charge on any atom is -0.484 e. The standard InChI is InChI=1S/C28H30Cl2N4O3/c1-18(2)34-17-21(16-33(3)14-11-19-7-8-23(29)24(30)15-19)37-26-22(28(34)36)5-4-6-25(26)32-27(35)20-9-12-31-13-10-20/h4-10,12-13,15,18,21H,11,14,16-17H2,1-3H3,(H,32,35). The van der Waals surface area contributed by atoms with Crippen LogP contribution in [0.1, 0.15) is 40.1 Å². The molecular weight excluding hydrogens is 511 g/mol. The number of anilines is 1. The third-order valence-corrected chi connectivity index (χ3v) is 7.03. The number of aromatic nitrogens is 1. The van der Waals surface area contributed by atoms with Crippen LogP contribution in [0.25, 0.3) is 0 Å². The van der Waals surface area contributed by atoms with Crippen molar-refractivity contribution in [1.82, 2.24) is 14.8 Å². The van der Waals surface area contributed by atoms with Crippen molar-refractivity contribution in [2.24, 2.45) is 0 Å². The molecule has 0 saturated heterocycles. The van der Waals surface area contributed by atoms with Gasteiger partial charge in [-0.1, -0.05) is 35.3 Å². The number of para-hydroxylation sites is 1. The summed E-state index contributed by atoms with van der Waals surface area (Å²) in [6, 6.07) is 14.2. The average Bonchev–Trinajstić information content (AvgIpc) is 3.02. The first-order chi connectivity index (χ1) is 17.7. The van der Waals surface area contributed by atoms with Crippen molar-refractivity contribution in [2.75, 3.05) is 32.0 Å². The Hall–Kier alpha value is -3.13. The number of benzene rings is 2. The van der Waals surface area contributed by atoms with Crippen LogP contribution in [0.5, 0.6) is 5.75 Å². The molecule has 0 saturated carbocycles. The van der Waals surface area contributed by atoms with Gasteiger partial charge in [0.15, 0.2) is 5.75 Å². The number of ether oxygens (including phenoxy) is 1. The lowest BCUT2D eigenvalue weighted by molar-refractivity contribution is 0.0609. The van der Waals surface area contributed by atoms with E-state index in [1.807, 2.05) is 37.9 Å². The van der Waals surface area contributed by atoms with Gasteiger partial charge in [-0.05, 0) is 69.3 Å². The molecule has 2 amide bonds. The Morgan fingerprint density at radius 1 is 1.16 bits per heavy atom. The monoisotopic (exact) mass is 540 g/mol. The molecule has 1 aromatic heterocycles. The third-order valence-electron chi connectivity index (χ3n) is 6.29. The number of rotatable bonds is 8. The molecule has 0 fully saturated rings. The highest BCUT2D eigenvalue weighted by Gasteiger charge is 2.32. The Bertz CT molecular complexity index is 1270. The molecule has 0 bridgehead atoms. The summed E-state index contributed by atoms with van der Waals surface area (Å²) in [5.41, 5.74) is 2.45. The molecule has 1 aliphatic heterocycles. The van der Waals surface area contributed by atoms with Gasteiger partial charge in [0.1, 0.15) is 6.10 Å². The van der Waals surface area contributed by atoms with Gasteiger partial charge in [-0.15, -0.1) is 0 Å². The first-order valence-electron chi connectivity index (χ1n) is 12.2. The lowest BCUT2D eigenvalue weighted by Crippen LogP contribution is -2.45. The van der Waals surface area contributed by atoms with Crippen molar-refractivity contribution in [3.05, 3.63) is 87.7 Å². The van der Waals surface area contributed by atoms with Crippen molar-refractivity contribution in [3.8, 4) is 5.75 Å². The van der Waals surface area contributed by atoms with Gasteiger partial charge in [-0.25, -0.2) is 0 Å². The van der Waals surface area contributed by atoms with Crippen LogP contribution in [-0.2, 0) is 6.42 Å². The predicted octanol–water partition coefficient (Wildman–Crippen LogP) is 5.43. The van der Waals surface area contributed by atoms with Crippen molar-refractivity contribution in [3.63, 3.8) is 0 Å². The molecule has 1 aliphatic rings. The fourth-order valence-corrected chi connectivity index (χ4v) is 4.60. The number of nitrogens with one attached hydrogen (secondary N) is 1. The molecule has 9 heteroatoms. The minimum absolute atomic E-state index is 0.0128. The van der Waals surface area contributed by atoms with E-state index >= 15 is 0 Å². The van der Waals surface area contributed by atoms with Crippen LogP contribution in [0.15, 0.2) is 60.9 Å². The molecule has 1 atom stereocenters. The fourth-order valence-electron chi connectivity index (χ4n) is 4.28. The number of hydrogen-bond acceptors (Lipinski definition) is 5. The van der Waals surface area contributed by atoms with Gasteiger partial charge in [0.25, 0.3) is 11.8 Å². The zero-order chi connectivity index (χ0) is 26.5. The first-order valence-corrected chi connectivity index (χ1v) is 12.9. The summed E-state index contributed by atoms with van der Waals surface area (Å²) < 4.78 is 6.46. The molecule has 0 radical (unpaired) electrons. The Labute approximate surface area is 227 Å². The van der Waals surface area contributed by atoms with E-state index in [9.17, 15) is 9.59 Å². The number of carbonyl (C=O) groups excluding carboxylic acids is 2. The summed E-state index contributed by atoms with van der Waals surface area (Å²) in [6.45, 7) is 5.76. The normalized spacial score (nSPS) is 15.4. The van der Waals surface area contributed by atoms with Gasteiger partial charge < -0.3 is 19.9 Å². The molecular formula is C28H30Cl2N4O3. The van der Waals surface area contributed by atoms with Crippen molar-refractivity contribution in [1.29, 1.82) is 0 Å². The maximum Gasteiger partial charge on any atom is 0.258 e. The molecule has 7 nitrogen and oxygen atoms in total. The Balaban J connectivity index is 1.54. The topological polar surface area (TPSA) is 74.8 Å². The van der Waals surface area contributed by atoms with Gasteiger partial charge >= 0.3 is 0 Å². The maximum absolute atomic E-state index is 13.5. The molecule has 194 valence electrons. The van der Waals surface area contributed by atoms with E-state index in [1.54, 1.807) is 48.8 Å². The van der Waals surface area contributed by atoms with Crippen LogP contribution < -0.4 is 10.1 Å². The average molecular weight is 541 g/mol. The summed E-state index contributed by atoms with van der Waals surface area (Å²) >= 11 is 12.2. The lowest BCUT2D eigenvalue weighted by atomic mass is 10.1. The van der Waals surface area contributed by atoms with Gasteiger partial charge in [-0.2, -0.15) is 0 Å². The van der Waals surface area contributed by atoms with Crippen molar-refractivity contribution < 1.29 is 14.3 Å². The Morgan fingerprint density at radius 2 is 1.92 bits per heavy atom. The molecule has 3 aromatic rings. The number of likely N-dealkylation sites (N-methyl/N-ethyl adjacent to an activating group) is 1. The number of hydrogen-bond donors (Lipinski definition) is 1. The smallest absolute Gasteiger partial charge is 0.258 e. The number of fused-ring (bicyclic) bond motifs is 1. The number of halogens is 2. The molecule has 1 N–H and O–H groups in total. The molecule has 37 heavy (non-hydrogen) atoms. The number of amides is 2. The first kappa shape index (κ1) is 26.9. The van der Waals surface area contributed by atoms with Crippen LogP contribution in [0, 0.1) is 0 Å². The maximum atomic E-state index is 13.5. The second kappa shape index (κ2) is 11.9. The van der Waals surface area contributed by atoms with E-state index in [1.165, 1.54) is 0 Å². The van der Waals surface area contributed by atoms with Crippen LogP contribution >= 0.6 is 23.2 Å². The van der Waals surface area contributed by atoms with Crippen LogP contribution in [-0.4, -0.2) is 65.4 Å². The van der Waals surface area contributed by atoms with Gasteiger partial charge in [0.2, 0.25) is 0 Å². The predicted molar refractivity (Wildman–Crippen MR) is 147 cm³/mol. The second-order valence-electron chi connectivity index (χ2n) is 9.42. The number of nitrogens with zero attached hydrogens (tertiary/aromatic N) is 3. The zero-order valence-corrected chi connectivity index (χ0v) is 22.6. The van der Waals surface area contributed by atoms with Gasteiger partial charge in [-0.3, -0.25) is 14.6 Å². The quantitative estimate of drug-likeness (QED) is 0.412. The minimum atomic E-state index is -0.301. The third kappa shape index (κ3) is 6.60. The highest BCUT2D eigenvalue weighted by molar-refractivity contribution is 6.42. The summed E-state index contributed by atoms with van der Waals surface area (Å²) in [5.74, 6) is -0.0287. The fraction of sp³-hybridized carbons (Fsp3) is 0.321. The van der Waals surface area contributed by atoms with E-state index < -0.39 is 0 Å². The molecule has 4 rings (SSSR count). The highest BCUT2D eigenvalue weighted by Crippen LogP contribution is 2.34. The van der Waals surface area contributed by atoms with Gasteiger partial charge in [0, 0.05) is 37.1 Å². The highest BCUT2D eigenvalue weighted by atomic mass is 35.5. The van der Waals surface area contributed by atoms with Crippen LogP contribution in [0.2, 0.25) is 10.0 Å². The molecule has 1 unspecified atom stereocenters. The largest absolute Gasteiger partial charge is 0.484 e. The van der Waals surface area contributed by atoms with Crippen molar-refractivity contribution in [2.45, 2.75) is 32.4 Å². The number of pyridine rings is 1. The second-order valence-corrected chi connectivity index (χ2v) is 10.2. The summed E-state index contributed by atoms with van der Waals surface area (Å²) in [5, 5.41) is 3.99. The van der Waals surface area contributed by atoms with Crippen molar-refractivity contribution >= 4 is 40.7 Å². The summed E-state index contributed by atoms with van der Waals surface area (Å²) in [6.07, 6.45) is 3.61. The summed E-state index contributed by atoms with van der Waals surface area (Å²) in [4.78, 5) is 34.3. The van der Waals surface area contributed by atoms with E-state index in [0.29, 0.717) is 45.7 Å². The van der Waals surface area contributed by atoms with E-state index in [0.717, 1.165) is 18.5 Å². The molecule has 2 heterocycles. The van der Waals surface area contributed by atoms with E-state index in [-0.39, 0.29) is 24.0 Å². The SMILES string of the molecule is CC(C)N1CC(CN(C)CCc2ccc(Cl)c(Cl)c2)Oc2c(NC(=O)c3ccncc3)cccc2C1=O. The van der Waals surface area contributed by atoms with Gasteiger partial charge in [0.05, 0.1) is 27.8 Å². The molecule has 0 aliphatic carbocycles. The molecule has 0 spiro atoms. The lowest BCUT2D eigenvalue weighted by Gasteiger charge is -2.30. The van der Waals surface area contributed by atoms with E-state index in [2.05, 4.69) is 15.2 Å². The molecule has 2 aromatic carbocycles. The van der Waals surface area contributed by atoms with E-state index in [4.69, 9.17) is 27.9 Å². The zero-order valence-electron chi connectivity index (χ0n) is 21.1.